The Labute approximate surface area is 157 Å². The van der Waals surface area contributed by atoms with Crippen LogP contribution in [0.2, 0.25) is 0 Å². The number of anilines is 1. The highest BCUT2D eigenvalue weighted by molar-refractivity contribution is 5.89. The molecule has 0 radical (unpaired) electrons. The lowest BCUT2D eigenvalue weighted by Gasteiger charge is -2.44. The average molecular weight is 359 g/mol. The number of H-pyrrole nitrogens is 1. The molecule has 3 aliphatic rings. The van der Waals surface area contributed by atoms with Gasteiger partial charge in [-0.05, 0) is 36.5 Å². The molecule has 6 rings (SSSR count). The van der Waals surface area contributed by atoms with Crippen LogP contribution in [0.5, 0.6) is 0 Å². The minimum atomic E-state index is 0.0614. The van der Waals surface area contributed by atoms with Gasteiger partial charge in [0.1, 0.15) is 17.8 Å². The second kappa shape index (κ2) is 5.55. The van der Waals surface area contributed by atoms with Gasteiger partial charge in [0, 0.05) is 31.4 Å². The summed E-state index contributed by atoms with van der Waals surface area (Å²) >= 11 is 0. The summed E-state index contributed by atoms with van der Waals surface area (Å²) in [7, 11) is 0. The van der Waals surface area contributed by atoms with Crippen molar-refractivity contribution in [3.05, 3.63) is 54.0 Å². The molecule has 1 aromatic carbocycles. The van der Waals surface area contributed by atoms with Gasteiger partial charge in [-0.1, -0.05) is 24.3 Å². The molecule has 4 heterocycles. The number of aromatic nitrogens is 3. The minimum absolute atomic E-state index is 0.0614. The van der Waals surface area contributed by atoms with Crippen molar-refractivity contribution in [1.82, 2.24) is 19.9 Å². The standard InChI is InChI=1S/C21H21N5O/c27-21(18-9-13-3-1-2-4-16(13)18)26-14-5-6-15(26)11-25(10-14)20-17-7-8-22-19(17)23-12-24-20/h1-4,7-8,12,14-15,18H,5-6,9-11H2,(H,22,23,24). The molecule has 0 saturated carbocycles. The number of benzene rings is 1. The van der Waals surface area contributed by atoms with E-state index in [1.807, 2.05) is 18.3 Å². The summed E-state index contributed by atoms with van der Waals surface area (Å²) in [6.07, 6.45) is 6.60. The van der Waals surface area contributed by atoms with Crippen LogP contribution < -0.4 is 4.90 Å². The predicted octanol–water partition coefficient (Wildman–Crippen LogP) is 2.48. The van der Waals surface area contributed by atoms with E-state index >= 15 is 0 Å². The Morgan fingerprint density at radius 2 is 1.89 bits per heavy atom. The molecule has 2 fully saturated rings. The number of nitrogens with zero attached hydrogens (tertiary/aromatic N) is 4. The Bertz CT molecular complexity index is 1030. The average Bonchev–Trinajstić information content (AvgIpc) is 3.24. The summed E-state index contributed by atoms with van der Waals surface area (Å²) in [4.78, 5) is 29.9. The van der Waals surface area contributed by atoms with Gasteiger partial charge >= 0.3 is 0 Å². The van der Waals surface area contributed by atoms with Crippen LogP contribution in [-0.4, -0.2) is 50.9 Å². The van der Waals surface area contributed by atoms with Gasteiger partial charge < -0.3 is 14.8 Å². The van der Waals surface area contributed by atoms with Gasteiger partial charge in [-0.25, -0.2) is 9.97 Å². The highest BCUT2D eigenvalue weighted by atomic mass is 16.2. The molecule has 1 N–H and O–H groups in total. The Hall–Kier alpha value is -2.89. The summed E-state index contributed by atoms with van der Waals surface area (Å²) < 4.78 is 0. The van der Waals surface area contributed by atoms with E-state index in [9.17, 15) is 4.79 Å². The van der Waals surface area contributed by atoms with E-state index < -0.39 is 0 Å². The maximum atomic E-state index is 13.3. The zero-order chi connectivity index (χ0) is 18.0. The lowest BCUT2D eigenvalue weighted by Crippen LogP contribution is -2.57. The number of aromatic amines is 1. The van der Waals surface area contributed by atoms with Crippen LogP contribution in [0.3, 0.4) is 0 Å². The van der Waals surface area contributed by atoms with Crippen molar-refractivity contribution in [3.63, 3.8) is 0 Å². The first kappa shape index (κ1) is 15.2. The zero-order valence-electron chi connectivity index (χ0n) is 15.0. The molecule has 2 aliphatic heterocycles. The first-order valence-electron chi connectivity index (χ1n) is 9.72. The monoisotopic (exact) mass is 359 g/mol. The van der Waals surface area contributed by atoms with Crippen molar-refractivity contribution in [1.29, 1.82) is 0 Å². The fraction of sp³-hybridized carbons (Fsp3) is 0.381. The second-order valence-corrected chi connectivity index (χ2v) is 7.93. The highest BCUT2D eigenvalue weighted by Crippen LogP contribution is 2.41. The molecule has 136 valence electrons. The Morgan fingerprint density at radius 1 is 1.07 bits per heavy atom. The van der Waals surface area contributed by atoms with Gasteiger partial charge in [-0.3, -0.25) is 4.79 Å². The van der Waals surface area contributed by atoms with Crippen molar-refractivity contribution in [3.8, 4) is 0 Å². The van der Waals surface area contributed by atoms with Gasteiger partial charge in [0.25, 0.3) is 0 Å². The first-order chi connectivity index (χ1) is 13.3. The van der Waals surface area contributed by atoms with Crippen LogP contribution >= 0.6 is 0 Å². The van der Waals surface area contributed by atoms with Gasteiger partial charge in [-0.15, -0.1) is 0 Å². The highest BCUT2D eigenvalue weighted by Gasteiger charge is 2.46. The van der Waals surface area contributed by atoms with Crippen LogP contribution in [-0.2, 0) is 11.2 Å². The van der Waals surface area contributed by atoms with E-state index in [-0.39, 0.29) is 18.0 Å². The molecule has 6 heteroatoms. The van der Waals surface area contributed by atoms with Gasteiger partial charge in [0.2, 0.25) is 5.91 Å². The molecular formula is C21H21N5O. The normalized spacial score (nSPS) is 26.1. The molecule has 2 bridgehead atoms. The summed E-state index contributed by atoms with van der Waals surface area (Å²) in [5.74, 6) is 1.38. The quantitative estimate of drug-likeness (QED) is 0.763. The minimum Gasteiger partial charge on any atom is -0.352 e. The van der Waals surface area contributed by atoms with Crippen molar-refractivity contribution >= 4 is 22.8 Å². The fourth-order valence-electron chi connectivity index (χ4n) is 5.21. The first-order valence-corrected chi connectivity index (χ1v) is 9.72. The molecule has 0 spiro atoms. The smallest absolute Gasteiger partial charge is 0.231 e. The lowest BCUT2D eigenvalue weighted by atomic mass is 9.76. The third kappa shape index (κ3) is 2.16. The van der Waals surface area contributed by atoms with E-state index in [0.29, 0.717) is 5.91 Å². The molecule has 2 saturated heterocycles. The van der Waals surface area contributed by atoms with E-state index in [1.54, 1.807) is 6.33 Å². The van der Waals surface area contributed by atoms with Crippen LogP contribution in [0.4, 0.5) is 5.82 Å². The molecule has 3 aromatic rings. The molecule has 3 unspecified atom stereocenters. The van der Waals surface area contributed by atoms with E-state index in [2.05, 4.69) is 43.0 Å². The third-order valence-electron chi connectivity index (χ3n) is 6.52. The molecule has 27 heavy (non-hydrogen) atoms. The maximum Gasteiger partial charge on any atom is 0.231 e. The number of fused-ring (bicyclic) bond motifs is 4. The van der Waals surface area contributed by atoms with Gasteiger partial charge in [0.05, 0.1) is 11.3 Å². The van der Waals surface area contributed by atoms with Gasteiger partial charge in [0.15, 0.2) is 0 Å². The van der Waals surface area contributed by atoms with Crippen molar-refractivity contribution < 1.29 is 4.79 Å². The number of hydrogen-bond acceptors (Lipinski definition) is 4. The Kier molecular flexibility index (Phi) is 3.12. The summed E-state index contributed by atoms with van der Waals surface area (Å²) in [5, 5.41) is 1.06. The van der Waals surface area contributed by atoms with Crippen LogP contribution in [0.15, 0.2) is 42.9 Å². The van der Waals surface area contributed by atoms with Crippen LogP contribution in [0.1, 0.15) is 29.9 Å². The Morgan fingerprint density at radius 3 is 2.70 bits per heavy atom. The van der Waals surface area contributed by atoms with Crippen LogP contribution in [0.25, 0.3) is 11.0 Å². The third-order valence-corrected chi connectivity index (χ3v) is 6.52. The van der Waals surface area contributed by atoms with Crippen LogP contribution in [0, 0.1) is 0 Å². The van der Waals surface area contributed by atoms with E-state index in [1.165, 1.54) is 11.1 Å². The summed E-state index contributed by atoms with van der Waals surface area (Å²) in [6.45, 7) is 1.71. The largest absolute Gasteiger partial charge is 0.352 e. The number of amides is 1. The molecule has 3 atom stereocenters. The number of hydrogen-bond donors (Lipinski definition) is 1. The maximum absolute atomic E-state index is 13.3. The lowest BCUT2D eigenvalue weighted by molar-refractivity contribution is -0.136. The number of carbonyl (C=O) groups excluding carboxylic acids is 1. The van der Waals surface area contributed by atoms with Crippen molar-refractivity contribution in [2.24, 2.45) is 0 Å². The van der Waals surface area contributed by atoms with Crippen molar-refractivity contribution in [2.75, 3.05) is 18.0 Å². The topological polar surface area (TPSA) is 65.1 Å². The zero-order valence-corrected chi connectivity index (χ0v) is 15.0. The van der Waals surface area contributed by atoms with Gasteiger partial charge in [-0.2, -0.15) is 0 Å². The predicted molar refractivity (Wildman–Crippen MR) is 103 cm³/mol. The number of piperazine rings is 1. The molecular weight excluding hydrogens is 338 g/mol. The van der Waals surface area contributed by atoms with E-state index in [4.69, 9.17) is 0 Å². The number of nitrogens with one attached hydrogen (secondary N) is 1. The fourth-order valence-corrected chi connectivity index (χ4v) is 5.21. The molecule has 1 aliphatic carbocycles. The number of carbonyl (C=O) groups is 1. The van der Waals surface area contributed by atoms with E-state index in [0.717, 1.165) is 49.2 Å². The molecule has 6 nitrogen and oxygen atoms in total. The Balaban J connectivity index is 1.27. The SMILES string of the molecule is O=C(C1Cc2ccccc21)N1C2CCC1CN(c1ncnc3[nH]ccc13)C2. The van der Waals surface area contributed by atoms with Crippen molar-refractivity contribution in [2.45, 2.75) is 37.3 Å². The summed E-state index contributed by atoms with van der Waals surface area (Å²) in [6, 6.07) is 11.0. The molecule has 2 aromatic heterocycles. The number of rotatable bonds is 2. The molecule has 1 amide bonds. The summed E-state index contributed by atoms with van der Waals surface area (Å²) in [5.41, 5.74) is 3.43. The second-order valence-electron chi connectivity index (χ2n) is 7.93.